The third-order valence-electron chi connectivity index (χ3n) is 5.34. The number of amides is 1. The molecule has 2 aromatic carbocycles. The number of para-hydroxylation sites is 1. The fraction of sp³-hybridized carbons (Fsp3) is 0.296. The number of aryl methyl sites for hydroxylation is 1. The second kappa shape index (κ2) is 12.5. The topological polar surface area (TPSA) is 85.3 Å². The van der Waals surface area contributed by atoms with Gasteiger partial charge >= 0.3 is 6.09 Å². The van der Waals surface area contributed by atoms with E-state index in [0.717, 1.165) is 30.0 Å². The highest BCUT2D eigenvalue weighted by molar-refractivity contribution is 5.84. The number of nitrogens with one attached hydrogen (secondary N) is 1. The van der Waals surface area contributed by atoms with Crippen LogP contribution in [0.2, 0.25) is 0 Å². The molecule has 0 aliphatic carbocycles. The Balaban J connectivity index is 1.36. The molecule has 0 atom stereocenters. The summed E-state index contributed by atoms with van der Waals surface area (Å²) in [7, 11) is 0. The second-order valence-corrected chi connectivity index (χ2v) is 8.11. The van der Waals surface area contributed by atoms with Gasteiger partial charge in [-0.05, 0) is 30.7 Å². The van der Waals surface area contributed by atoms with Gasteiger partial charge in [-0.15, -0.1) is 0 Å². The van der Waals surface area contributed by atoms with Gasteiger partial charge in [-0.2, -0.15) is 0 Å². The standard InChI is InChI=1S/C27H30N4O4/c1-21-6-5-7-22(16-21)19-28-20-24-17-25(31-10-12-33-13-11-31)18-26(29-24)34-14-15-35-27(32)30-23-8-3-2-4-9-23/h2-9,16-19H,10-15,20H2,1H3,(H,30,32). The molecular weight excluding hydrogens is 444 g/mol. The highest BCUT2D eigenvalue weighted by atomic mass is 16.6. The van der Waals surface area contributed by atoms with Gasteiger partial charge in [-0.1, -0.05) is 48.0 Å². The minimum Gasteiger partial charge on any atom is -0.474 e. The van der Waals surface area contributed by atoms with Crippen molar-refractivity contribution in [1.29, 1.82) is 0 Å². The lowest BCUT2D eigenvalue weighted by Gasteiger charge is -2.29. The van der Waals surface area contributed by atoms with Crippen LogP contribution in [0, 0.1) is 6.92 Å². The molecule has 1 N–H and O–H groups in total. The molecule has 0 saturated carbocycles. The molecule has 4 rings (SSSR count). The fourth-order valence-electron chi connectivity index (χ4n) is 3.66. The minimum atomic E-state index is -0.527. The van der Waals surface area contributed by atoms with Crippen LogP contribution in [0.3, 0.4) is 0 Å². The number of carbonyl (C=O) groups excluding carboxylic acids is 1. The summed E-state index contributed by atoms with van der Waals surface area (Å²) in [5.41, 5.74) is 4.74. The number of pyridine rings is 1. The van der Waals surface area contributed by atoms with Crippen molar-refractivity contribution >= 4 is 23.7 Å². The summed E-state index contributed by atoms with van der Waals surface area (Å²) < 4.78 is 16.5. The van der Waals surface area contributed by atoms with Crippen molar-refractivity contribution < 1.29 is 19.0 Å². The first-order chi connectivity index (χ1) is 17.2. The predicted molar refractivity (Wildman–Crippen MR) is 137 cm³/mol. The Morgan fingerprint density at radius 3 is 2.71 bits per heavy atom. The molecule has 0 spiro atoms. The lowest BCUT2D eigenvalue weighted by Crippen LogP contribution is -2.36. The number of hydrogen-bond donors (Lipinski definition) is 1. The van der Waals surface area contributed by atoms with Gasteiger partial charge in [-0.3, -0.25) is 10.3 Å². The van der Waals surface area contributed by atoms with Crippen LogP contribution in [-0.4, -0.2) is 56.8 Å². The number of aromatic nitrogens is 1. The maximum Gasteiger partial charge on any atom is 0.411 e. The lowest BCUT2D eigenvalue weighted by atomic mass is 10.1. The number of morpholine rings is 1. The molecule has 2 heterocycles. The van der Waals surface area contributed by atoms with E-state index in [9.17, 15) is 4.79 Å². The minimum absolute atomic E-state index is 0.100. The van der Waals surface area contributed by atoms with E-state index in [4.69, 9.17) is 14.2 Å². The van der Waals surface area contributed by atoms with Gasteiger partial charge in [0.25, 0.3) is 0 Å². The summed E-state index contributed by atoms with van der Waals surface area (Å²) in [6.07, 6.45) is 1.33. The Bertz CT molecular complexity index is 1130. The van der Waals surface area contributed by atoms with Crippen molar-refractivity contribution in [2.45, 2.75) is 13.5 Å². The van der Waals surface area contributed by atoms with Crippen molar-refractivity contribution in [2.75, 3.05) is 49.7 Å². The van der Waals surface area contributed by atoms with Crippen LogP contribution >= 0.6 is 0 Å². The van der Waals surface area contributed by atoms with Crippen LogP contribution in [0.25, 0.3) is 0 Å². The summed E-state index contributed by atoms with van der Waals surface area (Å²) in [6, 6.07) is 21.3. The smallest absolute Gasteiger partial charge is 0.411 e. The molecular formula is C27H30N4O4. The van der Waals surface area contributed by atoms with Gasteiger partial charge in [0, 0.05) is 36.7 Å². The molecule has 1 aliphatic heterocycles. The summed E-state index contributed by atoms with van der Waals surface area (Å²) in [5, 5.41) is 2.68. The number of hydrogen-bond acceptors (Lipinski definition) is 7. The van der Waals surface area contributed by atoms with Gasteiger partial charge in [0.15, 0.2) is 0 Å². The Morgan fingerprint density at radius 2 is 1.91 bits per heavy atom. The van der Waals surface area contributed by atoms with E-state index in [0.29, 0.717) is 31.3 Å². The summed E-state index contributed by atoms with van der Waals surface area (Å²) in [5.74, 6) is 0.474. The third-order valence-corrected chi connectivity index (χ3v) is 5.34. The number of ether oxygens (including phenoxy) is 3. The Morgan fingerprint density at radius 1 is 1.09 bits per heavy atom. The Labute approximate surface area is 205 Å². The van der Waals surface area contributed by atoms with E-state index in [1.165, 1.54) is 5.56 Å². The number of rotatable bonds is 9. The molecule has 3 aromatic rings. The van der Waals surface area contributed by atoms with Crippen LogP contribution in [-0.2, 0) is 16.0 Å². The Kier molecular flexibility index (Phi) is 8.67. The predicted octanol–water partition coefficient (Wildman–Crippen LogP) is 4.47. The first-order valence-corrected chi connectivity index (χ1v) is 11.7. The van der Waals surface area contributed by atoms with E-state index in [-0.39, 0.29) is 13.2 Å². The van der Waals surface area contributed by atoms with E-state index in [2.05, 4.69) is 39.2 Å². The summed E-state index contributed by atoms with van der Waals surface area (Å²) >= 11 is 0. The van der Waals surface area contributed by atoms with Crippen molar-refractivity contribution in [2.24, 2.45) is 4.99 Å². The van der Waals surface area contributed by atoms with Gasteiger partial charge in [-0.25, -0.2) is 9.78 Å². The SMILES string of the molecule is Cc1cccc(C=NCc2cc(N3CCOCC3)cc(OCCOC(=O)Nc3ccccc3)n2)c1. The van der Waals surface area contributed by atoms with E-state index in [1.807, 2.05) is 48.7 Å². The number of carbonyl (C=O) groups is 1. The number of aliphatic imine (C=N–C) groups is 1. The van der Waals surface area contributed by atoms with E-state index in [1.54, 1.807) is 12.1 Å². The first kappa shape index (κ1) is 24.2. The second-order valence-electron chi connectivity index (χ2n) is 8.11. The summed E-state index contributed by atoms with van der Waals surface area (Å²) in [4.78, 5) is 23.4. The number of nitrogens with zero attached hydrogens (tertiary/aromatic N) is 3. The lowest BCUT2D eigenvalue weighted by molar-refractivity contribution is 0.122. The fourth-order valence-corrected chi connectivity index (χ4v) is 3.66. The zero-order valence-corrected chi connectivity index (χ0v) is 19.9. The van der Waals surface area contributed by atoms with Gasteiger partial charge in [0.1, 0.15) is 13.2 Å². The first-order valence-electron chi connectivity index (χ1n) is 11.7. The molecule has 8 nitrogen and oxygen atoms in total. The average molecular weight is 475 g/mol. The third kappa shape index (κ3) is 7.82. The monoisotopic (exact) mass is 474 g/mol. The maximum atomic E-state index is 12.0. The largest absolute Gasteiger partial charge is 0.474 e. The maximum absolute atomic E-state index is 12.0. The van der Waals surface area contributed by atoms with Gasteiger partial charge < -0.3 is 19.1 Å². The van der Waals surface area contributed by atoms with Crippen molar-refractivity contribution in [3.63, 3.8) is 0 Å². The zero-order chi connectivity index (χ0) is 24.3. The van der Waals surface area contributed by atoms with Crippen LogP contribution in [0.1, 0.15) is 16.8 Å². The summed E-state index contributed by atoms with van der Waals surface area (Å²) in [6.45, 7) is 5.75. The zero-order valence-electron chi connectivity index (χ0n) is 19.9. The van der Waals surface area contributed by atoms with Gasteiger partial charge in [0.05, 0.1) is 25.5 Å². The molecule has 0 unspecified atom stereocenters. The van der Waals surface area contributed by atoms with Crippen LogP contribution < -0.4 is 15.0 Å². The van der Waals surface area contributed by atoms with Crippen LogP contribution in [0.15, 0.2) is 71.7 Å². The van der Waals surface area contributed by atoms with Crippen molar-refractivity contribution in [1.82, 2.24) is 4.98 Å². The quantitative estimate of drug-likeness (QED) is 0.364. The molecule has 1 saturated heterocycles. The van der Waals surface area contributed by atoms with Crippen LogP contribution in [0.5, 0.6) is 5.88 Å². The highest BCUT2D eigenvalue weighted by Crippen LogP contribution is 2.23. The average Bonchev–Trinajstić information content (AvgIpc) is 2.88. The molecule has 35 heavy (non-hydrogen) atoms. The van der Waals surface area contributed by atoms with Gasteiger partial charge in [0.2, 0.25) is 5.88 Å². The van der Waals surface area contributed by atoms with Crippen molar-refractivity contribution in [3.05, 3.63) is 83.6 Å². The van der Waals surface area contributed by atoms with E-state index >= 15 is 0 Å². The molecule has 8 heteroatoms. The molecule has 1 aromatic heterocycles. The number of benzene rings is 2. The molecule has 0 bridgehead atoms. The molecule has 1 aliphatic rings. The molecule has 182 valence electrons. The highest BCUT2D eigenvalue weighted by Gasteiger charge is 2.14. The normalized spacial score (nSPS) is 13.6. The molecule has 0 radical (unpaired) electrons. The molecule has 1 fully saturated rings. The van der Waals surface area contributed by atoms with E-state index < -0.39 is 6.09 Å². The Hall–Kier alpha value is -3.91. The number of anilines is 2. The molecule has 1 amide bonds. The van der Waals surface area contributed by atoms with Crippen molar-refractivity contribution in [3.8, 4) is 5.88 Å². The van der Waals surface area contributed by atoms with Crippen LogP contribution in [0.4, 0.5) is 16.2 Å².